The summed E-state index contributed by atoms with van der Waals surface area (Å²) in [4.78, 5) is 0. The van der Waals surface area contributed by atoms with Crippen molar-refractivity contribution in [3.63, 3.8) is 0 Å². The first kappa shape index (κ1) is 16.1. The Morgan fingerprint density at radius 2 is 1.81 bits per heavy atom. The summed E-state index contributed by atoms with van der Waals surface area (Å²) in [5.74, 6) is 0. The van der Waals surface area contributed by atoms with E-state index in [4.69, 9.17) is 11.6 Å². The van der Waals surface area contributed by atoms with E-state index in [2.05, 4.69) is 69.4 Å². The monoisotopic (exact) mass is 301 g/mol. The third kappa shape index (κ3) is 3.87. The zero-order valence-corrected chi connectivity index (χ0v) is 14.1. The first-order valence-electron chi connectivity index (χ1n) is 7.59. The third-order valence-corrected chi connectivity index (χ3v) is 4.24. The van der Waals surface area contributed by atoms with E-state index < -0.39 is 0 Å². The lowest BCUT2D eigenvalue weighted by Crippen LogP contribution is -2.24. The highest BCUT2D eigenvalue weighted by molar-refractivity contribution is 6.31. The highest BCUT2D eigenvalue weighted by Crippen LogP contribution is 2.29. The topological polar surface area (TPSA) is 12.0 Å². The molecule has 2 aromatic carbocycles. The minimum atomic E-state index is 0.223. The van der Waals surface area contributed by atoms with Gasteiger partial charge in [-0.05, 0) is 62.1 Å². The molecule has 1 unspecified atom stereocenters. The van der Waals surface area contributed by atoms with Gasteiger partial charge in [0, 0.05) is 5.02 Å². The predicted molar refractivity (Wildman–Crippen MR) is 92.2 cm³/mol. The summed E-state index contributed by atoms with van der Waals surface area (Å²) in [6.07, 6.45) is 1.12. The van der Waals surface area contributed by atoms with Crippen molar-refractivity contribution in [3.8, 4) is 0 Å². The molecule has 2 aromatic rings. The maximum Gasteiger partial charge on any atom is 0.0579 e. The second-order valence-electron chi connectivity index (χ2n) is 5.76. The Balaban J connectivity index is 2.47. The molecule has 0 bridgehead atoms. The Morgan fingerprint density at radius 3 is 2.48 bits per heavy atom. The van der Waals surface area contributed by atoms with E-state index in [-0.39, 0.29) is 6.04 Å². The van der Waals surface area contributed by atoms with Crippen LogP contribution in [-0.2, 0) is 0 Å². The summed E-state index contributed by atoms with van der Waals surface area (Å²) >= 11 is 6.25. The van der Waals surface area contributed by atoms with E-state index >= 15 is 0 Å². The van der Waals surface area contributed by atoms with Crippen LogP contribution in [-0.4, -0.2) is 6.54 Å². The average Bonchev–Trinajstić information content (AvgIpc) is 2.44. The van der Waals surface area contributed by atoms with Crippen LogP contribution in [0, 0.1) is 20.8 Å². The van der Waals surface area contributed by atoms with Gasteiger partial charge in [0.15, 0.2) is 0 Å². The number of rotatable bonds is 5. The van der Waals surface area contributed by atoms with Crippen LogP contribution in [0.3, 0.4) is 0 Å². The standard InChI is InChI=1S/C19H24ClN/c1-5-9-21-19(16-8-6-7-13(2)10-16)17-11-15(4)18(20)12-14(17)3/h6-8,10-12,19,21H,5,9H2,1-4H3. The largest absolute Gasteiger partial charge is 0.306 e. The minimum absolute atomic E-state index is 0.223. The van der Waals surface area contributed by atoms with Gasteiger partial charge in [-0.15, -0.1) is 0 Å². The number of hydrogen-bond acceptors (Lipinski definition) is 1. The Hall–Kier alpha value is -1.31. The molecule has 1 atom stereocenters. The number of hydrogen-bond donors (Lipinski definition) is 1. The fourth-order valence-electron chi connectivity index (χ4n) is 2.66. The van der Waals surface area contributed by atoms with Crippen molar-refractivity contribution in [1.29, 1.82) is 0 Å². The van der Waals surface area contributed by atoms with Crippen molar-refractivity contribution in [2.75, 3.05) is 6.54 Å². The zero-order chi connectivity index (χ0) is 15.4. The quantitative estimate of drug-likeness (QED) is 0.784. The van der Waals surface area contributed by atoms with E-state index in [1.165, 1.54) is 22.3 Å². The lowest BCUT2D eigenvalue weighted by Gasteiger charge is -2.23. The molecule has 0 amide bonds. The maximum absolute atomic E-state index is 6.25. The summed E-state index contributed by atoms with van der Waals surface area (Å²) in [6.45, 7) is 9.54. The summed E-state index contributed by atoms with van der Waals surface area (Å²) in [7, 11) is 0. The van der Waals surface area contributed by atoms with E-state index in [0.717, 1.165) is 23.6 Å². The van der Waals surface area contributed by atoms with Crippen LogP contribution in [0.4, 0.5) is 0 Å². The van der Waals surface area contributed by atoms with Crippen molar-refractivity contribution < 1.29 is 0 Å². The summed E-state index contributed by atoms with van der Waals surface area (Å²) in [5, 5.41) is 4.52. The van der Waals surface area contributed by atoms with Crippen LogP contribution in [0.2, 0.25) is 5.02 Å². The van der Waals surface area contributed by atoms with Gasteiger partial charge in [0.05, 0.1) is 6.04 Å². The SMILES string of the molecule is CCCNC(c1cccc(C)c1)c1cc(C)c(Cl)cc1C. The molecule has 1 N–H and O–H groups in total. The van der Waals surface area contributed by atoms with Crippen molar-refractivity contribution in [3.05, 3.63) is 69.2 Å². The van der Waals surface area contributed by atoms with Crippen LogP contribution in [0.25, 0.3) is 0 Å². The molecule has 0 aliphatic rings. The van der Waals surface area contributed by atoms with Gasteiger partial charge in [0.25, 0.3) is 0 Å². The summed E-state index contributed by atoms with van der Waals surface area (Å²) in [5.41, 5.74) is 6.29. The maximum atomic E-state index is 6.25. The predicted octanol–water partition coefficient (Wildman–Crippen LogP) is 5.35. The zero-order valence-electron chi connectivity index (χ0n) is 13.3. The van der Waals surface area contributed by atoms with Crippen molar-refractivity contribution in [1.82, 2.24) is 5.32 Å². The highest BCUT2D eigenvalue weighted by Gasteiger charge is 2.16. The molecular formula is C19H24ClN. The molecule has 0 aliphatic heterocycles. The molecule has 1 nitrogen and oxygen atoms in total. The first-order chi connectivity index (χ1) is 10.0. The Labute approximate surface area is 133 Å². The first-order valence-corrected chi connectivity index (χ1v) is 7.97. The lowest BCUT2D eigenvalue weighted by atomic mass is 9.92. The average molecular weight is 302 g/mol. The van der Waals surface area contributed by atoms with Gasteiger partial charge in [-0.3, -0.25) is 0 Å². The van der Waals surface area contributed by atoms with Crippen molar-refractivity contribution >= 4 is 11.6 Å². The Bertz CT molecular complexity index is 619. The van der Waals surface area contributed by atoms with Crippen LogP contribution >= 0.6 is 11.6 Å². The molecule has 0 aromatic heterocycles. The van der Waals surface area contributed by atoms with Crippen LogP contribution in [0.1, 0.15) is 47.2 Å². The molecule has 2 heteroatoms. The molecule has 0 radical (unpaired) electrons. The highest BCUT2D eigenvalue weighted by atomic mass is 35.5. The number of aryl methyl sites for hydroxylation is 3. The number of nitrogens with one attached hydrogen (secondary N) is 1. The van der Waals surface area contributed by atoms with Crippen LogP contribution < -0.4 is 5.32 Å². The van der Waals surface area contributed by atoms with Crippen molar-refractivity contribution in [2.24, 2.45) is 0 Å². The van der Waals surface area contributed by atoms with Gasteiger partial charge >= 0.3 is 0 Å². The van der Waals surface area contributed by atoms with Gasteiger partial charge in [-0.1, -0.05) is 54.4 Å². The minimum Gasteiger partial charge on any atom is -0.306 e. The van der Waals surface area contributed by atoms with E-state index in [9.17, 15) is 0 Å². The van der Waals surface area contributed by atoms with Crippen LogP contribution in [0.5, 0.6) is 0 Å². The summed E-state index contributed by atoms with van der Waals surface area (Å²) in [6, 6.07) is 13.2. The van der Waals surface area contributed by atoms with E-state index in [1.54, 1.807) is 0 Å². The second-order valence-corrected chi connectivity index (χ2v) is 6.17. The molecule has 0 saturated heterocycles. The van der Waals surface area contributed by atoms with Gasteiger partial charge in [0.2, 0.25) is 0 Å². The normalized spacial score (nSPS) is 12.4. The van der Waals surface area contributed by atoms with E-state index in [0.29, 0.717) is 0 Å². The number of benzene rings is 2. The Kier molecular flexibility index (Phi) is 5.44. The smallest absolute Gasteiger partial charge is 0.0579 e. The van der Waals surface area contributed by atoms with Gasteiger partial charge < -0.3 is 5.32 Å². The molecule has 0 fully saturated rings. The summed E-state index contributed by atoms with van der Waals surface area (Å²) < 4.78 is 0. The van der Waals surface area contributed by atoms with Gasteiger partial charge in [0.1, 0.15) is 0 Å². The van der Waals surface area contributed by atoms with Crippen molar-refractivity contribution in [2.45, 2.75) is 40.2 Å². The molecule has 0 spiro atoms. The molecular weight excluding hydrogens is 278 g/mol. The fraction of sp³-hybridized carbons (Fsp3) is 0.368. The fourth-order valence-corrected chi connectivity index (χ4v) is 2.88. The van der Waals surface area contributed by atoms with Crippen LogP contribution in [0.15, 0.2) is 36.4 Å². The van der Waals surface area contributed by atoms with Gasteiger partial charge in [-0.2, -0.15) is 0 Å². The second kappa shape index (κ2) is 7.11. The van der Waals surface area contributed by atoms with Gasteiger partial charge in [-0.25, -0.2) is 0 Å². The molecule has 21 heavy (non-hydrogen) atoms. The molecule has 0 aliphatic carbocycles. The molecule has 112 valence electrons. The molecule has 0 heterocycles. The number of halogens is 1. The third-order valence-electron chi connectivity index (χ3n) is 3.83. The Morgan fingerprint density at radius 1 is 1.05 bits per heavy atom. The van der Waals surface area contributed by atoms with E-state index in [1.807, 2.05) is 0 Å². The molecule has 2 rings (SSSR count). The molecule has 0 saturated carbocycles. The lowest BCUT2D eigenvalue weighted by molar-refractivity contribution is 0.596.